The highest BCUT2D eigenvalue weighted by atomic mass is 35.5. The fourth-order valence-corrected chi connectivity index (χ4v) is 5.01. The Labute approximate surface area is 243 Å². The molecule has 3 aromatic rings. The SMILES string of the molecule is C=CC(=O)N[C@H]1COC[C@H]1Nc1ncc2cc(-c3c(Cl)c(OC)cc(OC)c3Cl)nc(NCCCN(C)C)c2n1. The Morgan fingerprint density at radius 2 is 1.85 bits per heavy atom. The molecule has 0 bridgehead atoms. The largest absolute Gasteiger partial charge is 0.495 e. The van der Waals surface area contributed by atoms with Crippen molar-refractivity contribution >= 4 is 51.8 Å². The quantitative estimate of drug-likeness (QED) is 0.212. The van der Waals surface area contributed by atoms with Crippen molar-refractivity contribution in [3.63, 3.8) is 0 Å². The fraction of sp³-hybridized carbons (Fsp3) is 0.407. The van der Waals surface area contributed by atoms with E-state index < -0.39 is 0 Å². The predicted octanol–water partition coefficient (Wildman–Crippen LogP) is 3.86. The number of fused-ring (bicyclic) bond motifs is 1. The molecule has 0 radical (unpaired) electrons. The van der Waals surface area contributed by atoms with E-state index in [1.807, 2.05) is 20.2 Å². The second-order valence-electron chi connectivity index (χ2n) is 9.46. The number of nitrogens with zero attached hydrogens (tertiary/aromatic N) is 4. The third kappa shape index (κ3) is 6.67. The van der Waals surface area contributed by atoms with Gasteiger partial charge in [0.1, 0.15) is 17.0 Å². The molecule has 1 aliphatic rings. The van der Waals surface area contributed by atoms with Crippen molar-refractivity contribution < 1.29 is 19.0 Å². The number of halogens is 2. The summed E-state index contributed by atoms with van der Waals surface area (Å²) in [6.07, 6.45) is 3.82. The van der Waals surface area contributed by atoms with Crippen LogP contribution < -0.4 is 25.4 Å². The van der Waals surface area contributed by atoms with Gasteiger partial charge in [0.25, 0.3) is 0 Å². The first-order chi connectivity index (χ1) is 19.2. The van der Waals surface area contributed by atoms with Gasteiger partial charge in [0, 0.05) is 29.8 Å². The summed E-state index contributed by atoms with van der Waals surface area (Å²) in [7, 11) is 7.10. The summed E-state index contributed by atoms with van der Waals surface area (Å²) in [4.78, 5) is 28.1. The molecule has 3 heterocycles. The van der Waals surface area contributed by atoms with Crippen molar-refractivity contribution in [2.24, 2.45) is 0 Å². The van der Waals surface area contributed by atoms with Crippen LogP contribution in [0.5, 0.6) is 11.5 Å². The highest BCUT2D eigenvalue weighted by Gasteiger charge is 2.30. The van der Waals surface area contributed by atoms with E-state index in [1.165, 1.54) is 20.3 Å². The van der Waals surface area contributed by atoms with E-state index in [4.69, 9.17) is 47.4 Å². The molecule has 1 aromatic carbocycles. The highest BCUT2D eigenvalue weighted by Crippen LogP contribution is 2.46. The topological polar surface area (TPSA) is 123 Å². The van der Waals surface area contributed by atoms with Crippen LogP contribution in [0.15, 0.2) is 31.0 Å². The number of carbonyl (C=O) groups excluding carboxylic acids is 1. The van der Waals surface area contributed by atoms with Crippen molar-refractivity contribution in [3.8, 4) is 22.8 Å². The molecule has 1 fully saturated rings. The molecule has 0 aliphatic carbocycles. The minimum atomic E-state index is -0.269. The number of aromatic nitrogens is 3. The average Bonchev–Trinajstić information content (AvgIpc) is 3.37. The molecule has 11 nitrogen and oxygen atoms in total. The zero-order valence-electron chi connectivity index (χ0n) is 22.9. The lowest BCUT2D eigenvalue weighted by molar-refractivity contribution is -0.117. The molecule has 1 amide bonds. The predicted molar refractivity (Wildman–Crippen MR) is 158 cm³/mol. The van der Waals surface area contributed by atoms with Crippen LogP contribution in [-0.2, 0) is 9.53 Å². The van der Waals surface area contributed by atoms with E-state index in [2.05, 4.69) is 32.4 Å². The Morgan fingerprint density at radius 3 is 2.50 bits per heavy atom. The fourth-order valence-electron chi connectivity index (χ4n) is 4.32. The van der Waals surface area contributed by atoms with Gasteiger partial charge in [-0.15, -0.1) is 0 Å². The molecule has 40 heavy (non-hydrogen) atoms. The van der Waals surface area contributed by atoms with Crippen molar-refractivity contribution in [3.05, 3.63) is 41.0 Å². The van der Waals surface area contributed by atoms with Gasteiger partial charge in [-0.25, -0.2) is 15.0 Å². The minimum absolute atomic E-state index is 0.216. The van der Waals surface area contributed by atoms with Gasteiger partial charge in [0.15, 0.2) is 5.82 Å². The summed E-state index contributed by atoms with van der Waals surface area (Å²) in [6.45, 7) is 5.84. The molecule has 0 unspecified atom stereocenters. The Hall–Kier alpha value is -3.38. The molecule has 1 saturated heterocycles. The average molecular weight is 591 g/mol. The maximum absolute atomic E-state index is 11.8. The van der Waals surface area contributed by atoms with Gasteiger partial charge >= 0.3 is 0 Å². The number of carbonyl (C=O) groups is 1. The number of benzene rings is 1. The second-order valence-corrected chi connectivity index (χ2v) is 10.2. The first-order valence-corrected chi connectivity index (χ1v) is 13.4. The van der Waals surface area contributed by atoms with Crippen LogP contribution in [-0.4, -0.2) is 92.5 Å². The molecule has 214 valence electrons. The third-order valence-corrected chi connectivity index (χ3v) is 7.13. The van der Waals surface area contributed by atoms with E-state index in [-0.39, 0.29) is 18.0 Å². The Kier molecular flexibility index (Phi) is 9.85. The summed E-state index contributed by atoms with van der Waals surface area (Å²) in [5, 5.41) is 10.9. The van der Waals surface area contributed by atoms with Gasteiger partial charge in [0.2, 0.25) is 11.9 Å². The van der Waals surface area contributed by atoms with Crippen LogP contribution in [0.3, 0.4) is 0 Å². The molecule has 0 spiro atoms. The molecule has 2 aromatic heterocycles. The second kappa shape index (κ2) is 13.3. The van der Waals surface area contributed by atoms with E-state index >= 15 is 0 Å². The first-order valence-electron chi connectivity index (χ1n) is 12.7. The third-order valence-electron chi connectivity index (χ3n) is 6.38. The van der Waals surface area contributed by atoms with Crippen molar-refractivity contribution in [2.75, 3.05) is 65.3 Å². The van der Waals surface area contributed by atoms with Crippen molar-refractivity contribution in [1.29, 1.82) is 0 Å². The number of anilines is 2. The van der Waals surface area contributed by atoms with Gasteiger partial charge in [-0.1, -0.05) is 29.8 Å². The number of pyridine rings is 1. The number of nitrogens with one attached hydrogen (secondary N) is 3. The van der Waals surface area contributed by atoms with E-state index in [9.17, 15) is 4.79 Å². The molecule has 1 aliphatic heterocycles. The van der Waals surface area contributed by atoms with Crippen LogP contribution in [0.1, 0.15) is 6.42 Å². The number of hydrogen-bond donors (Lipinski definition) is 3. The van der Waals surface area contributed by atoms with E-state index in [1.54, 1.807) is 12.3 Å². The standard InChI is InChI=1S/C27H33Cl2N7O4/c1-6-21(37)32-17-13-40-14-18(17)34-27-31-12-15-10-16(22-23(28)19(38-4)11-20(39-5)24(22)29)33-26(25(15)35-27)30-8-7-9-36(2)3/h6,10-12,17-18H,1,7-9,13-14H2,2-5H3,(H,30,33)(H,32,37)(H,31,34,35)/t17-,18+/m0/s1. The summed E-state index contributed by atoms with van der Waals surface area (Å²) in [5.41, 5.74) is 1.60. The Balaban J connectivity index is 1.74. The molecule has 2 atom stereocenters. The summed E-state index contributed by atoms with van der Waals surface area (Å²) in [6, 6.07) is 2.99. The number of methoxy groups -OCH3 is 2. The summed E-state index contributed by atoms with van der Waals surface area (Å²) >= 11 is 13.4. The lowest BCUT2D eigenvalue weighted by Crippen LogP contribution is -2.45. The lowest BCUT2D eigenvalue weighted by Gasteiger charge is -2.20. The summed E-state index contributed by atoms with van der Waals surface area (Å²) in [5.74, 6) is 1.48. The highest BCUT2D eigenvalue weighted by molar-refractivity contribution is 6.41. The summed E-state index contributed by atoms with van der Waals surface area (Å²) < 4.78 is 16.5. The normalized spacial score (nSPS) is 16.7. The first kappa shape index (κ1) is 29.6. The van der Waals surface area contributed by atoms with Gasteiger partial charge < -0.3 is 35.1 Å². The van der Waals surface area contributed by atoms with Crippen LogP contribution >= 0.6 is 23.2 Å². The molecular weight excluding hydrogens is 557 g/mol. The minimum Gasteiger partial charge on any atom is -0.495 e. The number of amides is 1. The lowest BCUT2D eigenvalue weighted by atomic mass is 10.1. The molecule has 0 saturated carbocycles. The monoisotopic (exact) mass is 589 g/mol. The molecule has 3 N–H and O–H groups in total. The molecule has 4 rings (SSSR count). The Morgan fingerprint density at radius 1 is 1.15 bits per heavy atom. The van der Waals surface area contributed by atoms with Gasteiger partial charge in [0.05, 0.1) is 55.3 Å². The maximum Gasteiger partial charge on any atom is 0.243 e. The molecule has 13 heteroatoms. The zero-order chi connectivity index (χ0) is 28.8. The zero-order valence-corrected chi connectivity index (χ0v) is 24.4. The number of hydrogen-bond acceptors (Lipinski definition) is 10. The Bertz CT molecular complexity index is 1360. The van der Waals surface area contributed by atoms with Gasteiger partial charge in [-0.3, -0.25) is 4.79 Å². The van der Waals surface area contributed by atoms with Crippen molar-refractivity contribution in [2.45, 2.75) is 18.5 Å². The number of rotatable bonds is 12. The van der Waals surface area contributed by atoms with E-state index in [0.717, 1.165) is 18.4 Å². The van der Waals surface area contributed by atoms with Crippen LogP contribution in [0.25, 0.3) is 22.2 Å². The molecular formula is C27H33Cl2N7O4. The van der Waals surface area contributed by atoms with Gasteiger partial charge in [-0.05, 0) is 39.2 Å². The smallest absolute Gasteiger partial charge is 0.243 e. The number of ether oxygens (including phenoxy) is 3. The van der Waals surface area contributed by atoms with Gasteiger partial charge in [-0.2, -0.15) is 0 Å². The van der Waals surface area contributed by atoms with Crippen molar-refractivity contribution in [1.82, 2.24) is 25.2 Å². The van der Waals surface area contributed by atoms with E-state index in [0.29, 0.717) is 69.8 Å². The maximum atomic E-state index is 11.8. The van der Waals surface area contributed by atoms with Crippen LogP contribution in [0.2, 0.25) is 10.0 Å². The van der Waals surface area contributed by atoms with Crippen LogP contribution in [0, 0.1) is 0 Å². The van der Waals surface area contributed by atoms with Crippen LogP contribution in [0.4, 0.5) is 11.8 Å².